The SMILES string of the molecule is CC(C)Oc1ccc(C(=O)N(C2CC2)C2CCC3=C(C=NC3)C2)cc1F. The summed E-state index contributed by atoms with van der Waals surface area (Å²) in [6.07, 6.45) is 6.80. The second-order valence-electron chi connectivity index (χ2n) is 7.75. The van der Waals surface area contributed by atoms with Gasteiger partial charge in [0.15, 0.2) is 11.6 Å². The molecular formula is C21H25FN2O2. The average Bonchev–Trinajstić information content (AvgIpc) is 3.32. The van der Waals surface area contributed by atoms with E-state index in [0.29, 0.717) is 11.6 Å². The Morgan fingerprint density at radius 2 is 2.08 bits per heavy atom. The Balaban J connectivity index is 1.55. The smallest absolute Gasteiger partial charge is 0.254 e. The van der Waals surface area contributed by atoms with Crippen LogP contribution in [0.5, 0.6) is 5.75 Å². The molecule has 0 aromatic heterocycles. The van der Waals surface area contributed by atoms with Gasteiger partial charge in [-0.05, 0) is 75.3 Å². The number of amides is 1. The molecule has 0 N–H and O–H groups in total. The Labute approximate surface area is 153 Å². The Bertz CT molecular complexity index is 780. The largest absolute Gasteiger partial charge is 0.488 e. The number of carbonyl (C=O) groups excluding carboxylic acids is 1. The predicted octanol–water partition coefficient (Wildman–Crippen LogP) is 4.15. The first kappa shape index (κ1) is 17.3. The van der Waals surface area contributed by atoms with Gasteiger partial charge in [-0.1, -0.05) is 0 Å². The third-order valence-electron chi connectivity index (χ3n) is 5.33. The summed E-state index contributed by atoms with van der Waals surface area (Å²) in [5.74, 6) is -0.340. The Kier molecular flexibility index (Phi) is 4.55. The lowest BCUT2D eigenvalue weighted by molar-refractivity contribution is 0.0644. The summed E-state index contributed by atoms with van der Waals surface area (Å²) >= 11 is 0. The van der Waals surface area contributed by atoms with E-state index in [9.17, 15) is 9.18 Å². The van der Waals surface area contributed by atoms with Crippen LogP contribution < -0.4 is 4.74 Å². The number of nitrogens with zero attached hydrogens (tertiary/aromatic N) is 2. The van der Waals surface area contributed by atoms with Gasteiger partial charge in [0.2, 0.25) is 0 Å². The molecule has 1 saturated carbocycles. The molecule has 1 atom stereocenters. The van der Waals surface area contributed by atoms with E-state index in [1.807, 2.05) is 25.0 Å². The first-order valence-electron chi connectivity index (χ1n) is 9.52. The minimum atomic E-state index is -0.475. The molecule has 0 saturated heterocycles. The van der Waals surface area contributed by atoms with Crippen LogP contribution in [-0.2, 0) is 0 Å². The van der Waals surface area contributed by atoms with Crippen LogP contribution in [-0.4, -0.2) is 41.8 Å². The highest BCUT2D eigenvalue weighted by Crippen LogP contribution is 2.37. The minimum Gasteiger partial charge on any atom is -0.488 e. The quantitative estimate of drug-likeness (QED) is 0.795. The van der Waals surface area contributed by atoms with Crippen molar-refractivity contribution in [2.24, 2.45) is 4.99 Å². The van der Waals surface area contributed by atoms with Gasteiger partial charge in [-0.3, -0.25) is 9.79 Å². The Hall–Kier alpha value is -2.17. The van der Waals surface area contributed by atoms with Crippen LogP contribution >= 0.6 is 0 Å². The van der Waals surface area contributed by atoms with Gasteiger partial charge in [0, 0.05) is 23.9 Å². The number of carbonyl (C=O) groups is 1. The molecule has 26 heavy (non-hydrogen) atoms. The normalized spacial score (nSPS) is 21.9. The van der Waals surface area contributed by atoms with Crippen molar-refractivity contribution in [1.29, 1.82) is 0 Å². The topological polar surface area (TPSA) is 41.9 Å². The number of hydrogen-bond donors (Lipinski definition) is 0. The van der Waals surface area contributed by atoms with Gasteiger partial charge in [-0.25, -0.2) is 4.39 Å². The van der Waals surface area contributed by atoms with Crippen molar-refractivity contribution in [2.45, 2.75) is 64.1 Å². The van der Waals surface area contributed by atoms with Crippen molar-refractivity contribution in [3.8, 4) is 5.75 Å². The van der Waals surface area contributed by atoms with Gasteiger partial charge in [-0.15, -0.1) is 0 Å². The first-order chi connectivity index (χ1) is 12.5. The zero-order valence-corrected chi connectivity index (χ0v) is 15.4. The highest BCUT2D eigenvalue weighted by atomic mass is 19.1. The molecule has 4 nitrogen and oxygen atoms in total. The van der Waals surface area contributed by atoms with Crippen molar-refractivity contribution < 1.29 is 13.9 Å². The fourth-order valence-electron chi connectivity index (χ4n) is 3.94. The maximum atomic E-state index is 14.3. The lowest BCUT2D eigenvalue weighted by Gasteiger charge is -2.35. The molecule has 4 rings (SSSR count). The third-order valence-corrected chi connectivity index (χ3v) is 5.33. The second-order valence-corrected chi connectivity index (χ2v) is 7.75. The second kappa shape index (κ2) is 6.86. The number of ether oxygens (including phenoxy) is 1. The zero-order valence-electron chi connectivity index (χ0n) is 15.4. The fourth-order valence-corrected chi connectivity index (χ4v) is 3.94. The van der Waals surface area contributed by atoms with Gasteiger partial charge in [0.1, 0.15) is 0 Å². The summed E-state index contributed by atoms with van der Waals surface area (Å²) in [5, 5.41) is 0. The van der Waals surface area contributed by atoms with Gasteiger partial charge in [0.25, 0.3) is 5.91 Å². The summed E-state index contributed by atoms with van der Waals surface area (Å²) in [4.78, 5) is 19.5. The number of benzene rings is 1. The molecule has 1 aromatic carbocycles. The van der Waals surface area contributed by atoms with Crippen molar-refractivity contribution in [3.05, 3.63) is 40.7 Å². The lowest BCUT2D eigenvalue weighted by atomic mass is 9.88. The molecule has 0 bridgehead atoms. The number of rotatable bonds is 5. The van der Waals surface area contributed by atoms with E-state index >= 15 is 0 Å². The van der Waals surface area contributed by atoms with Gasteiger partial charge in [0.05, 0.1) is 12.6 Å². The highest BCUT2D eigenvalue weighted by molar-refractivity contribution is 5.95. The third kappa shape index (κ3) is 3.39. The minimum absolute atomic E-state index is 0.0634. The van der Waals surface area contributed by atoms with Crippen LogP contribution in [0.4, 0.5) is 4.39 Å². The van der Waals surface area contributed by atoms with Crippen LogP contribution in [0.3, 0.4) is 0 Å². The lowest BCUT2D eigenvalue weighted by Crippen LogP contribution is -2.43. The van der Waals surface area contributed by atoms with Crippen molar-refractivity contribution >= 4 is 12.1 Å². The molecule has 1 amide bonds. The predicted molar refractivity (Wildman–Crippen MR) is 99.4 cm³/mol. The van der Waals surface area contributed by atoms with Crippen LogP contribution in [0.15, 0.2) is 34.3 Å². The Morgan fingerprint density at radius 1 is 1.27 bits per heavy atom. The maximum Gasteiger partial charge on any atom is 0.254 e. The van der Waals surface area contributed by atoms with Crippen molar-refractivity contribution in [3.63, 3.8) is 0 Å². The van der Waals surface area contributed by atoms with Gasteiger partial charge in [-0.2, -0.15) is 0 Å². The zero-order chi connectivity index (χ0) is 18.3. The van der Waals surface area contributed by atoms with E-state index in [1.165, 1.54) is 17.2 Å². The summed E-state index contributed by atoms with van der Waals surface area (Å²) in [5.41, 5.74) is 3.13. The summed E-state index contributed by atoms with van der Waals surface area (Å²) in [6, 6.07) is 5.05. The first-order valence-corrected chi connectivity index (χ1v) is 9.52. The standard InChI is InChI=1S/C21H25FN2O2/c1-13(2)26-20-8-4-14(10-19(20)22)21(25)24(17-6-7-17)18-5-3-15-11-23-12-16(15)9-18/h4,8,10,12-13,17-18H,3,5-7,9,11H2,1-2H3. The molecule has 0 spiro atoms. The van der Waals surface area contributed by atoms with Crippen LogP contribution in [0.1, 0.15) is 56.3 Å². The van der Waals surface area contributed by atoms with E-state index in [2.05, 4.69) is 4.99 Å². The molecule has 5 heteroatoms. The molecule has 3 aliphatic rings. The van der Waals surface area contributed by atoms with Gasteiger partial charge >= 0.3 is 0 Å². The van der Waals surface area contributed by atoms with E-state index in [0.717, 1.165) is 38.6 Å². The summed E-state index contributed by atoms with van der Waals surface area (Å²) in [7, 11) is 0. The van der Waals surface area contributed by atoms with Gasteiger partial charge < -0.3 is 9.64 Å². The maximum absolute atomic E-state index is 14.3. The highest BCUT2D eigenvalue weighted by Gasteiger charge is 2.39. The molecule has 1 fully saturated rings. The molecule has 1 aromatic rings. The van der Waals surface area contributed by atoms with Crippen LogP contribution in [0.25, 0.3) is 0 Å². The molecule has 1 unspecified atom stereocenters. The molecule has 1 aliphatic heterocycles. The molecular weight excluding hydrogens is 331 g/mol. The fraction of sp³-hybridized carbons (Fsp3) is 0.524. The number of halogens is 1. The average molecular weight is 356 g/mol. The van der Waals surface area contributed by atoms with E-state index in [4.69, 9.17) is 4.74 Å². The molecule has 0 radical (unpaired) electrons. The summed E-state index contributed by atoms with van der Waals surface area (Å²) in [6.45, 7) is 4.53. The monoisotopic (exact) mass is 356 g/mol. The molecule has 2 aliphatic carbocycles. The van der Waals surface area contributed by atoms with E-state index in [1.54, 1.807) is 12.1 Å². The summed E-state index contributed by atoms with van der Waals surface area (Å²) < 4.78 is 19.8. The number of hydrogen-bond acceptors (Lipinski definition) is 3. The van der Waals surface area contributed by atoms with Crippen molar-refractivity contribution in [1.82, 2.24) is 4.90 Å². The van der Waals surface area contributed by atoms with E-state index in [-0.39, 0.29) is 23.8 Å². The Morgan fingerprint density at radius 3 is 2.77 bits per heavy atom. The number of aliphatic imine (C=N–C) groups is 1. The van der Waals surface area contributed by atoms with Crippen LogP contribution in [0.2, 0.25) is 0 Å². The van der Waals surface area contributed by atoms with Crippen LogP contribution in [0, 0.1) is 5.82 Å². The molecule has 138 valence electrons. The van der Waals surface area contributed by atoms with Crippen molar-refractivity contribution in [2.75, 3.05) is 6.54 Å². The van der Waals surface area contributed by atoms with E-state index < -0.39 is 5.82 Å². The molecule has 1 heterocycles.